The Labute approximate surface area is 124 Å². The fourth-order valence-electron chi connectivity index (χ4n) is 2.16. The molecule has 2 amide bonds. The van der Waals surface area contributed by atoms with Gasteiger partial charge in [0.05, 0.1) is 12.3 Å². The van der Waals surface area contributed by atoms with Gasteiger partial charge in [-0.1, -0.05) is 37.3 Å². The molecule has 0 aliphatic carbocycles. The molecule has 1 atom stereocenters. The second-order valence-corrected chi connectivity index (χ2v) is 7.38. The molecular formula is C14H18N2O4S. The highest BCUT2D eigenvalue weighted by Gasteiger charge is 2.33. The summed E-state index contributed by atoms with van der Waals surface area (Å²) in [6, 6.07) is 8.18. The van der Waals surface area contributed by atoms with E-state index in [4.69, 9.17) is 0 Å². The lowest BCUT2D eigenvalue weighted by molar-refractivity contribution is -0.144. The summed E-state index contributed by atoms with van der Waals surface area (Å²) in [7, 11) is -3.17. The van der Waals surface area contributed by atoms with E-state index in [0.29, 0.717) is 5.56 Å². The average molecular weight is 310 g/mol. The summed E-state index contributed by atoms with van der Waals surface area (Å²) in [5.74, 6) is -0.641. The molecule has 114 valence electrons. The number of carbonyl (C=O) groups excluding carboxylic acids is 2. The van der Waals surface area contributed by atoms with Crippen molar-refractivity contribution in [2.24, 2.45) is 0 Å². The molecular weight excluding hydrogens is 292 g/mol. The van der Waals surface area contributed by atoms with E-state index in [1.807, 2.05) is 6.07 Å². The second kappa shape index (κ2) is 6.26. The minimum absolute atomic E-state index is 0.0311. The Morgan fingerprint density at radius 3 is 2.52 bits per heavy atom. The molecule has 1 aliphatic heterocycles. The van der Waals surface area contributed by atoms with E-state index in [2.05, 4.69) is 5.32 Å². The molecule has 1 aromatic rings. The molecule has 1 fully saturated rings. The summed E-state index contributed by atoms with van der Waals surface area (Å²) in [6.45, 7) is 1.51. The van der Waals surface area contributed by atoms with Crippen molar-refractivity contribution in [1.82, 2.24) is 10.2 Å². The standard InChI is InChI=1S/C14H18N2O4S/c1-2-21(19,20)9-8-16-10-12(17)15-13(14(16)18)11-6-4-3-5-7-11/h3-7,13H,2,8-10H2,1H3,(H,15,17). The molecule has 0 aromatic heterocycles. The van der Waals surface area contributed by atoms with Crippen LogP contribution in [0.4, 0.5) is 0 Å². The highest BCUT2D eigenvalue weighted by atomic mass is 32.2. The lowest BCUT2D eigenvalue weighted by Crippen LogP contribution is -2.54. The van der Waals surface area contributed by atoms with E-state index in [-0.39, 0.29) is 36.4 Å². The number of sulfone groups is 1. The summed E-state index contributed by atoms with van der Waals surface area (Å²) in [5.41, 5.74) is 0.693. The Bertz CT molecular complexity index is 628. The summed E-state index contributed by atoms with van der Waals surface area (Å²) in [6.07, 6.45) is 0. The van der Waals surface area contributed by atoms with Gasteiger partial charge in [0, 0.05) is 12.3 Å². The normalized spacial score (nSPS) is 19.5. The topological polar surface area (TPSA) is 83.6 Å². The van der Waals surface area contributed by atoms with Crippen molar-refractivity contribution in [2.75, 3.05) is 24.6 Å². The van der Waals surface area contributed by atoms with Crippen LogP contribution < -0.4 is 5.32 Å². The first kappa shape index (κ1) is 15.5. The summed E-state index contributed by atoms with van der Waals surface area (Å²) in [4.78, 5) is 25.4. The molecule has 6 nitrogen and oxygen atoms in total. The molecule has 21 heavy (non-hydrogen) atoms. The van der Waals surface area contributed by atoms with Crippen LogP contribution in [0.3, 0.4) is 0 Å². The Morgan fingerprint density at radius 2 is 1.90 bits per heavy atom. The maximum Gasteiger partial charge on any atom is 0.250 e. The molecule has 1 heterocycles. The first-order chi connectivity index (χ1) is 9.93. The molecule has 1 N–H and O–H groups in total. The Balaban J connectivity index is 2.13. The average Bonchev–Trinajstić information content (AvgIpc) is 2.48. The van der Waals surface area contributed by atoms with Crippen LogP contribution in [-0.4, -0.2) is 49.7 Å². The van der Waals surface area contributed by atoms with E-state index < -0.39 is 15.9 Å². The molecule has 0 saturated carbocycles. The summed E-state index contributed by atoms with van der Waals surface area (Å²) >= 11 is 0. The Hall–Kier alpha value is -1.89. The molecule has 7 heteroatoms. The number of hydrogen-bond acceptors (Lipinski definition) is 4. The smallest absolute Gasteiger partial charge is 0.250 e. The lowest BCUT2D eigenvalue weighted by Gasteiger charge is -2.32. The van der Waals surface area contributed by atoms with Crippen LogP contribution in [-0.2, 0) is 19.4 Å². The van der Waals surface area contributed by atoms with E-state index >= 15 is 0 Å². The number of carbonyl (C=O) groups is 2. The number of nitrogens with zero attached hydrogens (tertiary/aromatic N) is 1. The second-order valence-electron chi connectivity index (χ2n) is 4.91. The van der Waals surface area contributed by atoms with Crippen molar-refractivity contribution in [3.05, 3.63) is 35.9 Å². The molecule has 0 radical (unpaired) electrons. The molecule has 1 aliphatic rings. The van der Waals surface area contributed by atoms with Gasteiger partial charge in [0.25, 0.3) is 0 Å². The van der Waals surface area contributed by atoms with Crippen molar-refractivity contribution in [1.29, 1.82) is 0 Å². The van der Waals surface area contributed by atoms with Crippen LogP contribution in [0.1, 0.15) is 18.5 Å². The van der Waals surface area contributed by atoms with Crippen LogP contribution in [0.25, 0.3) is 0 Å². The van der Waals surface area contributed by atoms with Gasteiger partial charge in [-0.05, 0) is 5.56 Å². The van der Waals surface area contributed by atoms with E-state index in [0.717, 1.165) is 0 Å². The van der Waals surface area contributed by atoms with Gasteiger partial charge in [-0.15, -0.1) is 0 Å². The highest BCUT2D eigenvalue weighted by Crippen LogP contribution is 2.18. The van der Waals surface area contributed by atoms with Gasteiger partial charge in [0.1, 0.15) is 6.04 Å². The van der Waals surface area contributed by atoms with Crippen molar-refractivity contribution in [3.8, 4) is 0 Å². The molecule has 0 spiro atoms. The highest BCUT2D eigenvalue weighted by molar-refractivity contribution is 7.91. The van der Waals surface area contributed by atoms with Crippen LogP contribution in [0.15, 0.2) is 30.3 Å². The number of nitrogens with one attached hydrogen (secondary N) is 1. The monoisotopic (exact) mass is 310 g/mol. The minimum Gasteiger partial charge on any atom is -0.339 e. The third-order valence-electron chi connectivity index (χ3n) is 3.44. The van der Waals surface area contributed by atoms with Crippen molar-refractivity contribution < 1.29 is 18.0 Å². The number of hydrogen-bond donors (Lipinski definition) is 1. The van der Waals surface area contributed by atoms with Crippen molar-refractivity contribution >= 4 is 21.7 Å². The summed E-state index contributed by atoms with van der Waals surface area (Å²) < 4.78 is 23.1. The van der Waals surface area contributed by atoms with E-state index in [1.54, 1.807) is 31.2 Å². The van der Waals surface area contributed by atoms with Crippen molar-refractivity contribution in [2.45, 2.75) is 13.0 Å². The van der Waals surface area contributed by atoms with Gasteiger partial charge in [-0.3, -0.25) is 9.59 Å². The van der Waals surface area contributed by atoms with Gasteiger partial charge in [-0.25, -0.2) is 8.42 Å². The number of amides is 2. The maximum atomic E-state index is 12.4. The zero-order valence-corrected chi connectivity index (χ0v) is 12.6. The third kappa shape index (κ3) is 3.81. The number of rotatable bonds is 5. The zero-order chi connectivity index (χ0) is 15.5. The quantitative estimate of drug-likeness (QED) is 0.837. The van der Waals surface area contributed by atoms with E-state index in [9.17, 15) is 18.0 Å². The number of benzene rings is 1. The van der Waals surface area contributed by atoms with Crippen molar-refractivity contribution in [3.63, 3.8) is 0 Å². The van der Waals surface area contributed by atoms with Gasteiger partial charge in [0.15, 0.2) is 9.84 Å². The van der Waals surface area contributed by atoms with Gasteiger partial charge in [-0.2, -0.15) is 0 Å². The van der Waals surface area contributed by atoms with Crippen LogP contribution >= 0.6 is 0 Å². The largest absolute Gasteiger partial charge is 0.339 e. The fraction of sp³-hybridized carbons (Fsp3) is 0.429. The maximum absolute atomic E-state index is 12.4. The molecule has 0 bridgehead atoms. The SMILES string of the molecule is CCS(=O)(=O)CCN1CC(=O)NC(c2ccccc2)C1=O. The molecule has 1 unspecified atom stereocenters. The zero-order valence-electron chi connectivity index (χ0n) is 11.8. The number of piperazine rings is 1. The van der Waals surface area contributed by atoms with E-state index in [1.165, 1.54) is 4.90 Å². The predicted octanol–water partition coefficient (Wildman–Crippen LogP) is 0.121. The Kier molecular flexibility index (Phi) is 4.62. The first-order valence-electron chi connectivity index (χ1n) is 6.76. The molecule has 1 saturated heterocycles. The summed E-state index contributed by atoms with van der Waals surface area (Å²) in [5, 5.41) is 2.64. The Morgan fingerprint density at radius 1 is 1.24 bits per heavy atom. The van der Waals surface area contributed by atoms with Gasteiger partial charge >= 0.3 is 0 Å². The molecule has 1 aromatic carbocycles. The fourth-order valence-corrected chi connectivity index (χ4v) is 2.94. The van der Waals surface area contributed by atoms with Crippen LogP contribution in [0.5, 0.6) is 0 Å². The minimum atomic E-state index is -3.17. The third-order valence-corrected chi connectivity index (χ3v) is 5.13. The van der Waals surface area contributed by atoms with Gasteiger partial charge in [0.2, 0.25) is 11.8 Å². The first-order valence-corrected chi connectivity index (χ1v) is 8.58. The van der Waals surface area contributed by atoms with Gasteiger partial charge < -0.3 is 10.2 Å². The predicted molar refractivity (Wildman–Crippen MR) is 78.2 cm³/mol. The van der Waals surface area contributed by atoms with Crippen LogP contribution in [0, 0.1) is 0 Å². The lowest BCUT2D eigenvalue weighted by atomic mass is 10.0. The van der Waals surface area contributed by atoms with Crippen LogP contribution in [0.2, 0.25) is 0 Å². The molecule has 2 rings (SSSR count).